The van der Waals surface area contributed by atoms with E-state index in [-0.39, 0.29) is 62.4 Å². The molecule has 0 aliphatic heterocycles. The highest BCUT2D eigenvalue weighted by Crippen LogP contribution is 2.75. The summed E-state index contributed by atoms with van der Waals surface area (Å²) in [6.07, 6.45) is 9.55. The van der Waals surface area contributed by atoms with Gasteiger partial charge in [0.25, 0.3) is 0 Å². The molecule has 0 aromatic heterocycles. The van der Waals surface area contributed by atoms with Crippen molar-refractivity contribution in [3.63, 3.8) is 0 Å². The number of carbonyl (C=O) groups is 4. The van der Waals surface area contributed by atoms with Crippen LogP contribution in [0.4, 0.5) is 0 Å². The van der Waals surface area contributed by atoms with Crippen LogP contribution in [0.3, 0.4) is 0 Å². The number of amides is 1. The van der Waals surface area contributed by atoms with Crippen molar-refractivity contribution >= 4 is 23.6 Å². The highest BCUT2D eigenvalue weighted by atomic mass is 16.5. The number of hydrogen-bond donors (Lipinski definition) is 2. The number of ether oxygens (including phenoxy) is 1. The van der Waals surface area contributed by atoms with E-state index in [1.54, 1.807) is 6.92 Å². The first-order valence-electron chi connectivity index (χ1n) is 16.2. The summed E-state index contributed by atoms with van der Waals surface area (Å²) in [7, 11) is 1.33. The number of esters is 1. The van der Waals surface area contributed by atoms with Gasteiger partial charge in [-0.1, -0.05) is 47.1 Å². The molecule has 1 amide bonds. The Kier molecular flexibility index (Phi) is 7.19. The monoisotopic (exact) mass is 583 g/mol. The summed E-state index contributed by atoms with van der Waals surface area (Å²) in [4.78, 5) is 52.4. The van der Waals surface area contributed by atoms with Crippen LogP contribution in [0.2, 0.25) is 0 Å². The topological polar surface area (TPSA) is 110 Å². The van der Waals surface area contributed by atoms with Crippen molar-refractivity contribution in [2.75, 3.05) is 7.11 Å². The third-order valence-electron chi connectivity index (χ3n) is 14.4. The number of ketones is 1. The molecule has 4 fully saturated rings. The van der Waals surface area contributed by atoms with Crippen LogP contribution < -0.4 is 5.32 Å². The summed E-state index contributed by atoms with van der Waals surface area (Å²) in [5.74, 6) is -1.18. The Morgan fingerprint density at radius 2 is 1.60 bits per heavy atom. The van der Waals surface area contributed by atoms with E-state index < -0.39 is 23.4 Å². The summed E-state index contributed by atoms with van der Waals surface area (Å²) in [5, 5.41) is 13.0. The Bertz CT molecular complexity index is 1240. The van der Waals surface area contributed by atoms with Gasteiger partial charge in [-0.15, -0.1) is 0 Å². The Morgan fingerprint density at radius 1 is 0.952 bits per heavy atom. The van der Waals surface area contributed by atoms with Crippen LogP contribution in [0.25, 0.3) is 0 Å². The van der Waals surface area contributed by atoms with E-state index in [2.05, 4.69) is 46.9 Å². The molecule has 0 radical (unpaired) electrons. The molecule has 7 heteroatoms. The van der Waals surface area contributed by atoms with Crippen LogP contribution in [0.15, 0.2) is 11.6 Å². The first-order valence-corrected chi connectivity index (χ1v) is 16.2. The first-order chi connectivity index (χ1) is 19.3. The fraction of sp³-hybridized carbons (Fsp3) is 0.829. The standard InChI is InChI=1S/C35H53NO6/c1-20(28(39)42-9)36-27(38)21-10-12-33(6)25(30(21,2)3)11-13-35(8)26(33)24(37)18-22-23-19-32(5,29(40)41)15-14-31(23,4)16-17-34(22,35)7/h18,20-21,23,25-26H,10-17,19H2,1-9H3,(H,36,38)(H,40,41)/t20-,21+,23-,25-,26+,31+,32-,33-,34+,35+/m0/s1. The van der Waals surface area contributed by atoms with E-state index in [9.17, 15) is 24.3 Å². The average Bonchev–Trinajstić information content (AvgIpc) is 2.89. The van der Waals surface area contributed by atoms with Crippen LogP contribution >= 0.6 is 0 Å². The molecule has 4 saturated carbocycles. The number of allylic oxidation sites excluding steroid dienone is 2. The minimum atomic E-state index is -0.762. The Labute approximate surface area is 252 Å². The molecule has 0 aromatic carbocycles. The normalized spacial score (nSPS) is 46.5. The average molecular weight is 584 g/mol. The SMILES string of the molecule is COC(=O)[C@H](C)NC(=O)[C@H]1CC[C@]2(C)[C@H]3C(=O)C=C4[C@@H]5C[C@@](C)(C(=O)O)CC[C@]5(C)CC[C@@]4(C)[C@]3(C)CC[C@H]2C1(C)C. The third-order valence-corrected chi connectivity index (χ3v) is 14.4. The van der Waals surface area contributed by atoms with Gasteiger partial charge in [0.15, 0.2) is 5.78 Å². The molecule has 0 heterocycles. The zero-order valence-electron chi connectivity index (χ0n) is 27.3. The van der Waals surface area contributed by atoms with Crippen LogP contribution in [-0.4, -0.2) is 41.9 Å². The van der Waals surface area contributed by atoms with E-state index >= 15 is 0 Å². The quantitative estimate of drug-likeness (QED) is 0.374. The minimum absolute atomic E-state index is 0.0274. The van der Waals surface area contributed by atoms with Crippen molar-refractivity contribution in [3.05, 3.63) is 11.6 Å². The molecular formula is C35H53NO6. The Balaban J connectivity index is 1.50. The fourth-order valence-electron chi connectivity index (χ4n) is 11.4. The van der Waals surface area contributed by atoms with Gasteiger partial charge in [0.05, 0.1) is 12.5 Å². The fourth-order valence-corrected chi connectivity index (χ4v) is 11.4. The summed E-state index contributed by atoms with van der Waals surface area (Å²) in [6.45, 7) is 17.3. The third kappa shape index (κ3) is 4.10. The number of aliphatic carboxylic acids is 1. The van der Waals surface area contributed by atoms with Gasteiger partial charge in [-0.3, -0.25) is 14.4 Å². The van der Waals surface area contributed by atoms with Gasteiger partial charge in [0.2, 0.25) is 5.91 Å². The molecule has 234 valence electrons. The minimum Gasteiger partial charge on any atom is -0.481 e. The van der Waals surface area contributed by atoms with Crippen LogP contribution in [0.5, 0.6) is 0 Å². The van der Waals surface area contributed by atoms with E-state index in [4.69, 9.17) is 4.74 Å². The number of carboxylic acid groups (broad SMARTS) is 1. The summed E-state index contributed by atoms with van der Waals surface area (Å²) < 4.78 is 4.83. The van der Waals surface area contributed by atoms with E-state index in [1.165, 1.54) is 12.7 Å². The van der Waals surface area contributed by atoms with E-state index in [0.717, 1.165) is 38.5 Å². The number of hydrogen-bond acceptors (Lipinski definition) is 5. The summed E-state index contributed by atoms with van der Waals surface area (Å²) in [6, 6.07) is -0.704. The maximum Gasteiger partial charge on any atom is 0.328 e. The number of carbonyl (C=O) groups excluding carboxylic acids is 3. The van der Waals surface area contributed by atoms with Crippen molar-refractivity contribution < 1.29 is 29.0 Å². The lowest BCUT2D eigenvalue weighted by molar-refractivity contribution is -0.195. The maximum atomic E-state index is 14.5. The molecule has 0 aromatic rings. The number of nitrogens with one attached hydrogen (secondary N) is 1. The number of methoxy groups -OCH3 is 1. The second-order valence-electron chi connectivity index (χ2n) is 16.7. The number of carboxylic acids is 1. The van der Waals surface area contributed by atoms with Gasteiger partial charge in [-0.25, -0.2) is 4.79 Å². The van der Waals surface area contributed by atoms with Gasteiger partial charge in [-0.05, 0) is 117 Å². The lowest BCUT2D eigenvalue weighted by atomic mass is 9.33. The molecule has 0 bridgehead atoms. The lowest BCUT2D eigenvalue weighted by Gasteiger charge is -2.70. The molecule has 5 aliphatic carbocycles. The van der Waals surface area contributed by atoms with Crippen molar-refractivity contribution in [1.82, 2.24) is 5.32 Å². The van der Waals surface area contributed by atoms with Crippen molar-refractivity contribution in [2.24, 2.45) is 56.2 Å². The smallest absolute Gasteiger partial charge is 0.328 e. The second kappa shape index (κ2) is 9.66. The molecule has 10 atom stereocenters. The Hall–Kier alpha value is -2.18. The van der Waals surface area contributed by atoms with Crippen LogP contribution in [0, 0.1) is 56.2 Å². The molecular weight excluding hydrogens is 530 g/mol. The molecule has 5 rings (SSSR count). The molecule has 0 saturated heterocycles. The van der Waals surface area contributed by atoms with Gasteiger partial charge < -0.3 is 15.2 Å². The van der Waals surface area contributed by atoms with Crippen LogP contribution in [-0.2, 0) is 23.9 Å². The van der Waals surface area contributed by atoms with Gasteiger partial charge in [0, 0.05) is 11.8 Å². The molecule has 42 heavy (non-hydrogen) atoms. The largest absolute Gasteiger partial charge is 0.481 e. The molecule has 2 N–H and O–H groups in total. The molecule has 7 nitrogen and oxygen atoms in total. The summed E-state index contributed by atoms with van der Waals surface area (Å²) in [5.41, 5.74) is -0.527. The second-order valence-corrected chi connectivity index (χ2v) is 16.7. The zero-order valence-corrected chi connectivity index (χ0v) is 27.3. The number of fused-ring (bicyclic) bond motifs is 7. The molecule has 0 spiro atoms. The predicted octanol–water partition coefficient (Wildman–Crippen LogP) is 6.35. The van der Waals surface area contributed by atoms with Crippen molar-refractivity contribution in [3.8, 4) is 0 Å². The van der Waals surface area contributed by atoms with Gasteiger partial charge in [0.1, 0.15) is 6.04 Å². The molecule has 5 aliphatic rings. The highest BCUT2D eigenvalue weighted by molar-refractivity contribution is 5.96. The first kappa shape index (κ1) is 31.3. The Morgan fingerprint density at radius 3 is 2.21 bits per heavy atom. The van der Waals surface area contributed by atoms with E-state index in [0.29, 0.717) is 19.3 Å². The van der Waals surface area contributed by atoms with E-state index in [1.807, 2.05) is 13.0 Å². The zero-order chi connectivity index (χ0) is 31.3. The van der Waals surface area contributed by atoms with Crippen molar-refractivity contribution in [1.29, 1.82) is 0 Å². The lowest BCUT2D eigenvalue weighted by Crippen LogP contribution is -2.66. The molecule has 0 unspecified atom stereocenters. The van der Waals surface area contributed by atoms with Gasteiger partial charge in [-0.2, -0.15) is 0 Å². The van der Waals surface area contributed by atoms with Crippen molar-refractivity contribution in [2.45, 2.75) is 119 Å². The highest BCUT2D eigenvalue weighted by Gasteiger charge is 2.70. The van der Waals surface area contributed by atoms with Gasteiger partial charge >= 0.3 is 11.9 Å². The maximum absolute atomic E-state index is 14.5. The summed E-state index contributed by atoms with van der Waals surface area (Å²) >= 11 is 0. The van der Waals surface area contributed by atoms with Crippen LogP contribution in [0.1, 0.15) is 113 Å². The number of rotatable bonds is 4. The predicted molar refractivity (Wildman–Crippen MR) is 160 cm³/mol.